The molecule has 8 heteroatoms. The number of thiophene rings is 2. The van der Waals surface area contributed by atoms with Gasteiger partial charge in [0.2, 0.25) is 5.60 Å². The van der Waals surface area contributed by atoms with Crippen LogP contribution in [0.2, 0.25) is 0 Å². The molecule has 2 fully saturated rings. The molecule has 0 aliphatic heterocycles. The first-order valence-corrected chi connectivity index (χ1v) is 14.2. The second-order valence-corrected chi connectivity index (χ2v) is 12.2. The fraction of sp³-hybridized carbons (Fsp3) is 0.464. The average molecular weight is 640 g/mol. The molecule has 0 amide bonds. The van der Waals surface area contributed by atoms with Crippen LogP contribution in [0.25, 0.3) is 0 Å². The number of esters is 1. The maximum atomic E-state index is 13.5. The van der Waals surface area contributed by atoms with Gasteiger partial charge in [-0.05, 0) is 54.3 Å². The first-order chi connectivity index (χ1) is 16.9. The molecule has 2 bridgehead atoms. The van der Waals surface area contributed by atoms with Crippen molar-refractivity contribution in [3.63, 3.8) is 0 Å². The summed E-state index contributed by atoms with van der Waals surface area (Å²) < 4.78 is 13.0. The van der Waals surface area contributed by atoms with Crippen LogP contribution in [0, 0.1) is 11.8 Å². The number of aliphatic hydroxyl groups is 1. The number of carbonyl (C=O) groups is 1. The lowest BCUT2D eigenvalue weighted by Gasteiger charge is -2.39. The zero-order chi connectivity index (χ0) is 24.5. The standard InChI is InChI=1S/C28H34NO4S2.HI/c1-29(2,15-8-16-32-21-9-4-3-5-10-21)26-20-13-14-22(26)23(19-20)33-27(30)28(31,24-11-6-17-34-24)25-12-7-18-35-25;/h3-7,9-12,17-18,20,22-23,26,31H,8,13-16,19H2,1-2H3;1H/q+1;/p-1/t20-,22+,23+,26?;/m0./s1. The number of hydrogen-bond donors (Lipinski definition) is 1. The van der Waals surface area contributed by atoms with Crippen LogP contribution < -0.4 is 28.7 Å². The van der Waals surface area contributed by atoms with Gasteiger partial charge in [0.15, 0.2) is 0 Å². The van der Waals surface area contributed by atoms with Crippen LogP contribution >= 0.6 is 22.7 Å². The maximum absolute atomic E-state index is 13.5. The van der Waals surface area contributed by atoms with E-state index in [0.717, 1.165) is 36.0 Å². The lowest BCUT2D eigenvalue weighted by molar-refractivity contribution is -0.919. The van der Waals surface area contributed by atoms with E-state index < -0.39 is 11.6 Å². The fourth-order valence-corrected chi connectivity index (χ4v) is 8.01. The number of rotatable bonds is 10. The minimum absolute atomic E-state index is 0. The summed E-state index contributed by atoms with van der Waals surface area (Å²) in [5.74, 6) is 1.24. The number of carbonyl (C=O) groups excluding carboxylic acids is 1. The molecule has 2 saturated carbocycles. The van der Waals surface area contributed by atoms with Gasteiger partial charge in [0.25, 0.3) is 0 Å². The third-order valence-corrected chi connectivity index (χ3v) is 9.77. The summed E-state index contributed by atoms with van der Waals surface area (Å²) in [6, 6.07) is 17.8. The highest BCUT2D eigenvalue weighted by Crippen LogP contribution is 2.51. The van der Waals surface area contributed by atoms with Crippen molar-refractivity contribution in [1.82, 2.24) is 0 Å². The van der Waals surface area contributed by atoms with Crippen LogP contribution in [0.3, 0.4) is 0 Å². The highest BCUT2D eigenvalue weighted by atomic mass is 127. The Morgan fingerprint density at radius 2 is 1.69 bits per heavy atom. The van der Waals surface area contributed by atoms with E-state index in [1.165, 1.54) is 29.1 Å². The van der Waals surface area contributed by atoms with Crippen LogP contribution in [0.1, 0.15) is 35.4 Å². The number of nitrogens with zero attached hydrogens (tertiary/aromatic N) is 1. The summed E-state index contributed by atoms with van der Waals surface area (Å²) in [5, 5.41) is 15.4. The Balaban J connectivity index is 0.00000304. The predicted molar refractivity (Wildman–Crippen MR) is 140 cm³/mol. The van der Waals surface area contributed by atoms with Gasteiger partial charge in [-0.15, -0.1) is 22.7 Å². The SMILES string of the molecule is C[N+](C)(CCCOc1ccccc1)C1[C@H]2CC[C@@H]1[C@H](OC(=O)C(O)(c1cccs1)c1cccs1)C2.[I-]. The molecule has 1 N–H and O–H groups in total. The number of fused-ring (bicyclic) bond motifs is 2. The highest BCUT2D eigenvalue weighted by Gasteiger charge is 2.58. The number of halogens is 1. The molecule has 2 aliphatic rings. The number of ether oxygens (including phenoxy) is 2. The van der Waals surface area contributed by atoms with E-state index in [-0.39, 0.29) is 30.1 Å². The minimum atomic E-state index is -1.74. The molecule has 194 valence electrons. The third-order valence-electron chi connectivity index (χ3n) is 7.81. The van der Waals surface area contributed by atoms with Gasteiger partial charge in [0.05, 0.1) is 43.0 Å². The van der Waals surface area contributed by atoms with Crippen molar-refractivity contribution in [1.29, 1.82) is 0 Å². The van der Waals surface area contributed by atoms with Crippen molar-refractivity contribution < 1.29 is 47.8 Å². The molecule has 0 spiro atoms. The number of hydrogen-bond acceptors (Lipinski definition) is 6. The van der Waals surface area contributed by atoms with Gasteiger partial charge in [-0.1, -0.05) is 30.3 Å². The van der Waals surface area contributed by atoms with E-state index in [2.05, 4.69) is 14.1 Å². The first-order valence-electron chi connectivity index (χ1n) is 12.4. The van der Waals surface area contributed by atoms with E-state index in [1.807, 2.05) is 65.4 Å². The molecule has 0 radical (unpaired) electrons. The molecule has 36 heavy (non-hydrogen) atoms. The Morgan fingerprint density at radius 1 is 1.03 bits per heavy atom. The molecule has 1 aromatic carbocycles. The van der Waals surface area contributed by atoms with E-state index in [1.54, 1.807) is 0 Å². The Hall–Kier alpha value is -1.46. The summed E-state index contributed by atoms with van der Waals surface area (Å²) in [7, 11) is 4.60. The normalized spacial score (nSPS) is 23.3. The highest BCUT2D eigenvalue weighted by molar-refractivity contribution is 7.12. The molecule has 5 nitrogen and oxygen atoms in total. The Labute approximate surface area is 238 Å². The lowest BCUT2D eigenvalue weighted by atomic mass is 9.96. The van der Waals surface area contributed by atoms with Crippen LogP contribution in [0.4, 0.5) is 0 Å². The van der Waals surface area contributed by atoms with Gasteiger partial charge >= 0.3 is 5.97 Å². The lowest BCUT2D eigenvalue weighted by Crippen LogP contribution is -3.00. The number of benzene rings is 1. The Bertz CT molecular complexity index is 1070. The summed E-state index contributed by atoms with van der Waals surface area (Å²) in [6.45, 7) is 1.71. The fourth-order valence-electron chi connectivity index (χ4n) is 6.30. The molecule has 4 atom stereocenters. The van der Waals surface area contributed by atoms with Crippen LogP contribution in [-0.4, -0.2) is 55.0 Å². The molecule has 2 aliphatic carbocycles. The molecule has 1 unspecified atom stereocenters. The van der Waals surface area contributed by atoms with E-state index in [0.29, 0.717) is 34.2 Å². The second-order valence-electron chi connectivity index (χ2n) is 10.4. The summed E-state index contributed by atoms with van der Waals surface area (Å²) in [6.07, 6.45) is 3.97. The molecule has 0 saturated heterocycles. The molecular weight excluding hydrogens is 605 g/mol. The van der Waals surface area contributed by atoms with Crippen molar-refractivity contribution in [3.05, 3.63) is 75.1 Å². The quantitative estimate of drug-likeness (QED) is 0.160. The molecule has 2 heterocycles. The molecule has 2 aromatic heterocycles. The van der Waals surface area contributed by atoms with Gasteiger partial charge in [-0.2, -0.15) is 0 Å². The number of quaternary nitrogens is 1. The smallest absolute Gasteiger partial charge is 0.349 e. The van der Waals surface area contributed by atoms with Crippen molar-refractivity contribution in [2.24, 2.45) is 11.8 Å². The summed E-state index contributed by atoms with van der Waals surface area (Å²) in [4.78, 5) is 14.7. The topological polar surface area (TPSA) is 55.8 Å². The zero-order valence-electron chi connectivity index (χ0n) is 20.7. The van der Waals surface area contributed by atoms with E-state index in [9.17, 15) is 9.90 Å². The molecule has 3 aromatic rings. The van der Waals surface area contributed by atoms with Crippen LogP contribution in [0.5, 0.6) is 5.75 Å². The summed E-state index contributed by atoms with van der Waals surface area (Å²) in [5.41, 5.74) is -1.74. The minimum Gasteiger partial charge on any atom is -1.00 e. The van der Waals surface area contributed by atoms with E-state index in [4.69, 9.17) is 9.47 Å². The van der Waals surface area contributed by atoms with Crippen molar-refractivity contribution >= 4 is 28.6 Å². The average Bonchev–Trinajstić information content (AvgIpc) is 3.66. The Morgan fingerprint density at radius 3 is 2.31 bits per heavy atom. The van der Waals surface area contributed by atoms with Crippen LogP contribution in [0.15, 0.2) is 65.4 Å². The molecular formula is C28H34INO4S2. The third kappa shape index (κ3) is 5.38. The van der Waals surface area contributed by atoms with Gasteiger partial charge < -0.3 is 43.0 Å². The van der Waals surface area contributed by atoms with Gasteiger partial charge in [0, 0.05) is 18.3 Å². The van der Waals surface area contributed by atoms with Gasteiger partial charge in [-0.3, -0.25) is 0 Å². The summed E-state index contributed by atoms with van der Waals surface area (Å²) >= 11 is 2.77. The zero-order valence-corrected chi connectivity index (χ0v) is 24.5. The predicted octanol–water partition coefficient (Wildman–Crippen LogP) is 2.31. The molecule has 5 rings (SSSR count). The Kier molecular flexibility index (Phi) is 8.82. The van der Waals surface area contributed by atoms with Crippen molar-refractivity contribution in [2.75, 3.05) is 27.2 Å². The van der Waals surface area contributed by atoms with E-state index >= 15 is 0 Å². The number of para-hydroxylation sites is 1. The monoisotopic (exact) mass is 639 g/mol. The van der Waals surface area contributed by atoms with Gasteiger partial charge in [0.1, 0.15) is 11.9 Å². The van der Waals surface area contributed by atoms with Crippen LogP contribution in [-0.2, 0) is 15.1 Å². The second kappa shape index (κ2) is 11.5. The van der Waals surface area contributed by atoms with Gasteiger partial charge in [-0.25, -0.2) is 4.79 Å². The van der Waals surface area contributed by atoms with Crippen molar-refractivity contribution in [3.8, 4) is 5.75 Å². The first kappa shape index (κ1) is 27.6. The maximum Gasteiger partial charge on any atom is 0.349 e. The largest absolute Gasteiger partial charge is 1.00 e. The van der Waals surface area contributed by atoms with Crippen molar-refractivity contribution in [2.45, 2.75) is 43.4 Å².